The molecule has 2 N–H and O–H groups in total. The highest BCUT2D eigenvalue weighted by atomic mass is 35.5. The van der Waals surface area contributed by atoms with Crippen LogP contribution in [0.3, 0.4) is 0 Å². The minimum absolute atomic E-state index is 0.269. The van der Waals surface area contributed by atoms with Crippen molar-refractivity contribution in [2.45, 2.75) is 6.42 Å². The van der Waals surface area contributed by atoms with Crippen LogP contribution in [0.15, 0.2) is 36.4 Å². The molecule has 0 spiro atoms. The van der Waals surface area contributed by atoms with Crippen LogP contribution in [-0.4, -0.2) is 12.5 Å². The first-order chi connectivity index (χ1) is 9.63. The van der Waals surface area contributed by atoms with Gasteiger partial charge in [0.25, 0.3) is 5.91 Å². The summed E-state index contributed by atoms with van der Waals surface area (Å²) in [4.78, 5) is 12.2. The van der Waals surface area contributed by atoms with Crippen molar-refractivity contribution in [2.24, 2.45) is 0 Å². The van der Waals surface area contributed by atoms with E-state index in [1.807, 2.05) is 6.07 Å². The fraction of sp³-hybridized carbons (Fsp3) is 0.133. The SMILES string of the molecule is O=C(Nc1cc(F)ccc1Cl)c1ccc2c(c1)NCC2. The Hall–Kier alpha value is -2.07. The summed E-state index contributed by atoms with van der Waals surface area (Å²) in [6.45, 7) is 0.885. The second-order valence-electron chi connectivity index (χ2n) is 4.63. The number of nitrogens with one attached hydrogen (secondary N) is 2. The lowest BCUT2D eigenvalue weighted by molar-refractivity contribution is 0.102. The van der Waals surface area contributed by atoms with E-state index in [2.05, 4.69) is 10.6 Å². The number of halogens is 2. The summed E-state index contributed by atoms with van der Waals surface area (Å²) >= 11 is 5.93. The monoisotopic (exact) mass is 290 g/mol. The number of anilines is 2. The molecule has 3 nitrogen and oxygen atoms in total. The molecule has 1 aliphatic heterocycles. The molecule has 0 atom stereocenters. The van der Waals surface area contributed by atoms with E-state index in [0.717, 1.165) is 18.7 Å². The molecular formula is C15H12ClFN2O. The molecular weight excluding hydrogens is 279 g/mol. The molecule has 102 valence electrons. The topological polar surface area (TPSA) is 41.1 Å². The maximum absolute atomic E-state index is 13.2. The molecule has 2 aromatic rings. The van der Waals surface area contributed by atoms with Gasteiger partial charge in [-0.1, -0.05) is 17.7 Å². The van der Waals surface area contributed by atoms with E-state index in [-0.39, 0.29) is 11.6 Å². The minimum atomic E-state index is -0.444. The normalized spacial score (nSPS) is 12.7. The fourth-order valence-corrected chi connectivity index (χ4v) is 2.38. The van der Waals surface area contributed by atoms with Crippen molar-refractivity contribution in [1.29, 1.82) is 0 Å². The molecule has 0 fully saturated rings. The zero-order valence-corrected chi connectivity index (χ0v) is 11.3. The first-order valence-electron chi connectivity index (χ1n) is 6.27. The number of carbonyl (C=O) groups is 1. The molecule has 2 aromatic carbocycles. The Morgan fingerprint density at radius 1 is 1.25 bits per heavy atom. The summed E-state index contributed by atoms with van der Waals surface area (Å²) in [5.41, 5.74) is 2.96. The third-order valence-electron chi connectivity index (χ3n) is 3.26. The van der Waals surface area contributed by atoms with Gasteiger partial charge in [-0.05, 0) is 42.3 Å². The summed E-state index contributed by atoms with van der Waals surface area (Å²) in [5, 5.41) is 6.14. The predicted octanol–water partition coefficient (Wildman–Crippen LogP) is 3.70. The summed E-state index contributed by atoms with van der Waals surface area (Å²) in [7, 11) is 0. The van der Waals surface area contributed by atoms with Gasteiger partial charge in [0, 0.05) is 17.8 Å². The van der Waals surface area contributed by atoms with Crippen molar-refractivity contribution in [1.82, 2.24) is 0 Å². The zero-order valence-electron chi connectivity index (χ0n) is 10.5. The average molecular weight is 291 g/mol. The van der Waals surface area contributed by atoms with Crippen LogP contribution in [0.1, 0.15) is 15.9 Å². The number of benzene rings is 2. The summed E-state index contributed by atoms with van der Waals surface area (Å²) < 4.78 is 13.2. The molecule has 3 rings (SSSR count). The van der Waals surface area contributed by atoms with Crippen LogP contribution in [0.4, 0.5) is 15.8 Å². The second kappa shape index (κ2) is 5.13. The molecule has 1 amide bonds. The zero-order chi connectivity index (χ0) is 14.1. The Labute approximate surface area is 120 Å². The molecule has 1 aliphatic rings. The lowest BCUT2D eigenvalue weighted by atomic mass is 10.1. The Balaban J connectivity index is 1.84. The number of rotatable bonds is 2. The largest absolute Gasteiger partial charge is 0.384 e. The van der Waals surface area contributed by atoms with Crippen LogP contribution in [0.5, 0.6) is 0 Å². The van der Waals surface area contributed by atoms with Crippen LogP contribution in [0.25, 0.3) is 0 Å². The average Bonchev–Trinajstić information content (AvgIpc) is 2.90. The highest BCUT2D eigenvalue weighted by molar-refractivity contribution is 6.33. The van der Waals surface area contributed by atoms with Crippen LogP contribution in [0.2, 0.25) is 5.02 Å². The maximum atomic E-state index is 13.2. The van der Waals surface area contributed by atoms with Crippen LogP contribution in [0, 0.1) is 5.82 Å². The molecule has 0 saturated carbocycles. The van der Waals surface area contributed by atoms with E-state index in [1.165, 1.54) is 23.8 Å². The van der Waals surface area contributed by atoms with Crippen LogP contribution < -0.4 is 10.6 Å². The maximum Gasteiger partial charge on any atom is 0.255 e. The van der Waals surface area contributed by atoms with Gasteiger partial charge in [0.05, 0.1) is 10.7 Å². The second-order valence-corrected chi connectivity index (χ2v) is 5.03. The third kappa shape index (κ3) is 2.47. The molecule has 0 aliphatic carbocycles. The Kier molecular flexibility index (Phi) is 3.32. The highest BCUT2D eigenvalue weighted by Crippen LogP contribution is 2.26. The molecule has 1 heterocycles. The lowest BCUT2D eigenvalue weighted by Crippen LogP contribution is -2.12. The number of amides is 1. The third-order valence-corrected chi connectivity index (χ3v) is 3.59. The molecule has 20 heavy (non-hydrogen) atoms. The van der Waals surface area contributed by atoms with Gasteiger partial charge in [0.2, 0.25) is 0 Å². The van der Waals surface area contributed by atoms with Crippen molar-refractivity contribution in [3.8, 4) is 0 Å². The first-order valence-corrected chi connectivity index (χ1v) is 6.64. The van der Waals surface area contributed by atoms with Crippen molar-refractivity contribution in [2.75, 3.05) is 17.2 Å². The van der Waals surface area contributed by atoms with Crippen molar-refractivity contribution >= 4 is 28.9 Å². The Bertz CT molecular complexity index is 688. The van der Waals surface area contributed by atoms with Gasteiger partial charge in [-0.3, -0.25) is 4.79 Å². The van der Waals surface area contributed by atoms with E-state index in [9.17, 15) is 9.18 Å². The number of fused-ring (bicyclic) bond motifs is 1. The number of hydrogen-bond acceptors (Lipinski definition) is 2. The number of carbonyl (C=O) groups excluding carboxylic acids is 1. The highest BCUT2D eigenvalue weighted by Gasteiger charge is 2.14. The van der Waals surface area contributed by atoms with Crippen molar-refractivity contribution in [3.63, 3.8) is 0 Å². The van der Waals surface area contributed by atoms with Crippen LogP contribution >= 0.6 is 11.6 Å². The van der Waals surface area contributed by atoms with Gasteiger partial charge >= 0.3 is 0 Å². The van der Waals surface area contributed by atoms with Gasteiger partial charge in [-0.2, -0.15) is 0 Å². The van der Waals surface area contributed by atoms with Crippen molar-refractivity contribution < 1.29 is 9.18 Å². The Morgan fingerprint density at radius 2 is 2.10 bits per heavy atom. The molecule has 0 aromatic heterocycles. The van der Waals surface area contributed by atoms with Gasteiger partial charge in [0.15, 0.2) is 0 Å². The van der Waals surface area contributed by atoms with Gasteiger partial charge in [-0.15, -0.1) is 0 Å². The summed E-state index contributed by atoms with van der Waals surface area (Å²) in [5.74, 6) is -0.755. The lowest BCUT2D eigenvalue weighted by Gasteiger charge is -2.08. The van der Waals surface area contributed by atoms with Gasteiger partial charge in [-0.25, -0.2) is 4.39 Å². The molecule has 0 unspecified atom stereocenters. The molecule has 0 radical (unpaired) electrons. The number of hydrogen-bond donors (Lipinski definition) is 2. The molecule has 5 heteroatoms. The van der Waals surface area contributed by atoms with Gasteiger partial charge < -0.3 is 10.6 Å². The summed E-state index contributed by atoms with van der Waals surface area (Å²) in [6.07, 6.45) is 0.965. The molecule has 0 saturated heterocycles. The Morgan fingerprint density at radius 3 is 2.95 bits per heavy atom. The quantitative estimate of drug-likeness (QED) is 0.885. The predicted molar refractivity (Wildman–Crippen MR) is 78.0 cm³/mol. The first kappa shape index (κ1) is 12.9. The fourth-order valence-electron chi connectivity index (χ4n) is 2.22. The van der Waals surface area contributed by atoms with E-state index in [1.54, 1.807) is 12.1 Å². The van der Waals surface area contributed by atoms with Gasteiger partial charge in [0.1, 0.15) is 5.82 Å². The minimum Gasteiger partial charge on any atom is -0.384 e. The smallest absolute Gasteiger partial charge is 0.255 e. The van der Waals surface area contributed by atoms with E-state index >= 15 is 0 Å². The standard InChI is InChI=1S/C15H12ClFN2O/c16-12-4-3-11(17)8-14(12)19-15(20)10-2-1-9-5-6-18-13(9)7-10/h1-4,7-8,18H,5-6H2,(H,19,20). The van der Waals surface area contributed by atoms with E-state index in [0.29, 0.717) is 10.6 Å². The van der Waals surface area contributed by atoms with E-state index in [4.69, 9.17) is 11.6 Å². The molecule has 0 bridgehead atoms. The van der Waals surface area contributed by atoms with E-state index < -0.39 is 5.82 Å². The van der Waals surface area contributed by atoms with Crippen LogP contribution in [-0.2, 0) is 6.42 Å². The van der Waals surface area contributed by atoms with Crippen molar-refractivity contribution in [3.05, 3.63) is 58.4 Å². The summed E-state index contributed by atoms with van der Waals surface area (Å²) in [6, 6.07) is 9.34.